The van der Waals surface area contributed by atoms with Crippen molar-refractivity contribution in [2.24, 2.45) is 0 Å². The van der Waals surface area contributed by atoms with Gasteiger partial charge in [-0.25, -0.2) is 0 Å². The van der Waals surface area contributed by atoms with Gasteiger partial charge in [-0.2, -0.15) is 0 Å². The second-order valence-corrected chi connectivity index (χ2v) is 3.37. The molecule has 0 atom stereocenters. The fourth-order valence-corrected chi connectivity index (χ4v) is 1.57. The summed E-state index contributed by atoms with van der Waals surface area (Å²) >= 11 is 0. The van der Waals surface area contributed by atoms with E-state index in [1.807, 2.05) is 13.0 Å². The van der Waals surface area contributed by atoms with Gasteiger partial charge in [0.2, 0.25) is 0 Å². The summed E-state index contributed by atoms with van der Waals surface area (Å²) in [5, 5.41) is 13.3. The predicted molar refractivity (Wildman–Crippen MR) is 51.0 cm³/mol. The smallest absolute Gasteiger partial charge is 0.0881 e. The first-order valence-corrected chi connectivity index (χ1v) is 4.42. The van der Waals surface area contributed by atoms with Gasteiger partial charge in [0.15, 0.2) is 0 Å². The number of hydrogen-bond acceptors (Lipinski definition) is 2. The molecule has 2 nitrogen and oxygen atoms in total. The second-order valence-electron chi connectivity index (χ2n) is 3.37. The average Bonchev–Trinajstić information content (AvgIpc) is 2.06. The molecule has 0 amide bonds. The zero-order valence-corrected chi connectivity index (χ0v) is 7.64. The van der Waals surface area contributed by atoms with Crippen LogP contribution in [0.4, 0.5) is 0 Å². The van der Waals surface area contributed by atoms with Crippen molar-refractivity contribution in [2.75, 3.05) is 13.1 Å². The highest BCUT2D eigenvalue weighted by molar-refractivity contribution is 5.19. The fourth-order valence-electron chi connectivity index (χ4n) is 1.57. The van der Waals surface area contributed by atoms with Gasteiger partial charge >= 0.3 is 0 Å². The first-order valence-electron chi connectivity index (χ1n) is 4.42. The van der Waals surface area contributed by atoms with E-state index >= 15 is 0 Å². The zero-order valence-electron chi connectivity index (χ0n) is 7.64. The molecule has 2 N–H and O–H groups in total. The molecule has 0 aromatic heterocycles. The standard InChI is InChI=1S/C10H17NO/c1-3-4-9(2)10(12)5-7-11-8-6-10/h3-4,11-12H,1,5-8H2,2H3. The summed E-state index contributed by atoms with van der Waals surface area (Å²) in [7, 11) is 0. The zero-order chi connectivity index (χ0) is 9.03. The average molecular weight is 167 g/mol. The minimum absolute atomic E-state index is 0.584. The summed E-state index contributed by atoms with van der Waals surface area (Å²) in [5.41, 5.74) is 0.443. The summed E-state index contributed by atoms with van der Waals surface area (Å²) in [6.45, 7) is 7.39. The molecule has 1 heterocycles. The van der Waals surface area contributed by atoms with Gasteiger partial charge in [0, 0.05) is 0 Å². The van der Waals surface area contributed by atoms with Crippen LogP contribution in [0.5, 0.6) is 0 Å². The maximum atomic E-state index is 10.1. The van der Waals surface area contributed by atoms with Crippen LogP contribution in [0.25, 0.3) is 0 Å². The normalized spacial score (nSPS) is 23.7. The van der Waals surface area contributed by atoms with E-state index in [2.05, 4.69) is 11.9 Å². The Hall–Kier alpha value is -0.600. The molecule has 0 aliphatic carbocycles. The molecule has 68 valence electrons. The minimum atomic E-state index is -0.584. The van der Waals surface area contributed by atoms with E-state index in [1.165, 1.54) is 0 Å². The number of hydrogen-bond donors (Lipinski definition) is 2. The van der Waals surface area contributed by atoms with E-state index in [0.29, 0.717) is 0 Å². The lowest BCUT2D eigenvalue weighted by atomic mass is 9.85. The molecule has 1 aliphatic rings. The Morgan fingerprint density at radius 2 is 2.08 bits per heavy atom. The molecule has 1 fully saturated rings. The molecular weight excluding hydrogens is 150 g/mol. The SMILES string of the molecule is C=CC=C(C)C1(O)CCNCC1. The maximum Gasteiger partial charge on any atom is 0.0881 e. The Balaban J connectivity index is 2.68. The Morgan fingerprint density at radius 1 is 1.50 bits per heavy atom. The van der Waals surface area contributed by atoms with E-state index in [0.717, 1.165) is 31.5 Å². The van der Waals surface area contributed by atoms with E-state index in [-0.39, 0.29) is 0 Å². The molecule has 0 saturated carbocycles. The van der Waals surface area contributed by atoms with Crippen LogP contribution in [0, 0.1) is 0 Å². The number of allylic oxidation sites excluding steroid dienone is 2. The van der Waals surface area contributed by atoms with Crippen LogP contribution in [-0.2, 0) is 0 Å². The first-order chi connectivity index (χ1) is 5.69. The summed E-state index contributed by atoms with van der Waals surface area (Å²) < 4.78 is 0. The Labute approximate surface area is 74.0 Å². The van der Waals surface area contributed by atoms with E-state index in [9.17, 15) is 5.11 Å². The van der Waals surface area contributed by atoms with Crippen molar-refractivity contribution >= 4 is 0 Å². The predicted octanol–water partition coefficient (Wildman–Crippen LogP) is 1.23. The van der Waals surface area contributed by atoms with Crippen LogP contribution in [-0.4, -0.2) is 23.8 Å². The summed E-state index contributed by atoms with van der Waals surface area (Å²) in [5.74, 6) is 0. The lowest BCUT2D eigenvalue weighted by Crippen LogP contribution is -2.42. The lowest BCUT2D eigenvalue weighted by molar-refractivity contribution is 0.0464. The molecule has 12 heavy (non-hydrogen) atoms. The Bertz CT molecular complexity index is 190. The van der Waals surface area contributed by atoms with Crippen molar-refractivity contribution in [2.45, 2.75) is 25.4 Å². The largest absolute Gasteiger partial charge is 0.385 e. The number of nitrogens with one attached hydrogen (secondary N) is 1. The van der Waals surface area contributed by atoms with Crippen molar-refractivity contribution in [1.29, 1.82) is 0 Å². The highest BCUT2D eigenvalue weighted by Gasteiger charge is 2.30. The monoisotopic (exact) mass is 167 g/mol. The quantitative estimate of drug-likeness (QED) is 0.606. The summed E-state index contributed by atoms with van der Waals surface area (Å²) in [6, 6.07) is 0. The van der Waals surface area contributed by atoms with Gasteiger partial charge in [-0.1, -0.05) is 18.7 Å². The summed E-state index contributed by atoms with van der Waals surface area (Å²) in [4.78, 5) is 0. The topological polar surface area (TPSA) is 32.3 Å². The molecule has 0 radical (unpaired) electrons. The molecule has 2 heteroatoms. The second kappa shape index (κ2) is 3.87. The number of piperidine rings is 1. The fraction of sp³-hybridized carbons (Fsp3) is 0.600. The molecule has 1 rings (SSSR count). The summed E-state index contributed by atoms with van der Waals surface area (Å²) in [6.07, 6.45) is 5.24. The van der Waals surface area contributed by atoms with Gasteiger partial charge in [0.1, 0.15) is 0 Å². The van der Waals surface area contributed by atoms with E-state index in [1.54, 1.807) is 6.08 Å². The highest BCUT2D eigenvalue weighted by Crippen LogP contribution is 2.26. The highest BCUT2D eigenvalue weighted by atomic mass is 16.3. The van der Waals surface area contributed by atoms with Gasteiger partial charge in [0.25, 0.3) is 0 Å². The lowest BCUT2D eigenvalue weighted by Gasteiger charge is -2.33. The Morgan fingerprint density at radius 3 is 2.58 bits per heavy atom. The maximum absolute atomic E-state index is 10.1. The number of aliphatic hydroxyl groups is 1. The molecule has 0 unspecified atom stereocenters. The first kappa shape index (κ1) is 9.49. The van der Waals surface area contributed by atoms with Crippen LogP contribution < -0.4 is 5.32 Å². The van der Waals surface area contributed by atoms with Gasteiger partial charge in [-0.05, 0) is 38.4 Å². The molecule has 1 aliphatic heterocycles. The Kier molecular flexibility index (Phi) is 3.06. The third-order valence-electron chi connectivity index (χ3n) is 2.53. The molecular formula is C10H17NO. The van der Waals surface area contributed by atoms with E-state index < -0.39 is 5.60 Å². The van der Waals surface area contributed by atoms with Crippen molar-refractivity contribution in [3.8, 4) is 0 Å². The van der Waals surface area contributed by atoms with Gasteiger partial charge in [0.05, 0.1) is 5.60 Å². The minimum Gasteiger partial charge on any atom is -0.385 e. The molecule has 0 bridgehead atoms. The van der Waals surface area contributed by atoms with Crippen molar-refractivity contribution in [1.82, 2.24) is 5.32 Å². The third-order valence-corrected chi connectivity index (χ3v) is 2.53. The third kappa shape index (κ3) is 1.96. The molecule has 1 saturated heterocycles. The van der Waals surface area contributed by atoms with Gasteiger partial charge in [-0.3, -0.25) is 0 Å². The van der Waals surface area contributed by atoms with Gasteiger partial charge in [-0.15, -0.1) is 0 Å². The van der Waals surface area contributed by atoms with Crippen molar-refractivity contribution < 1.29 is 5.11 Å². The van der Waals surface area contributed by atoms with E-state index in [4.69, 9.17) is 0 Å². The van der Waals surface area contributed by atoms with Crippen LogP contribution in [0.1, 0.15) is 19.8 Å². The van der Waals surface area contributed by atoms with Crippen LogP contribution in [0.15, 0.2) is 24.3 Å². The molecule has 0 aromatic rings. The molecule has 0 spiro atoms. The van der Waals surface area contributed by atoms with Crippen LogP contribution in [0.3, 0.4) is 0 Å². The van der Waals surface area contributed by atoms with Crippen LogP contribution >= 0.6 is 0 Å². The molecule has 0 aromatic carbocycles. The number of rotatable bonds is 2. The van der Waals surface area contributed by atoms with Gasteiger partial charge < -0.3 is 10.4 Å². The van der Waals surface area contributed by atoms with Crippen molar-refractivity contribution in [3.05, 3.63) is 24.3 Å². The van der Waals surface area contributed by atoms with Crippen LogP contribution in [0.2, 0.25) is 0 Å². The van der Waals surface area contributed by atoms with Crippen molar-refractivity contribution in [3.63, 3.8) is 0 Å².